The fourth-order valence-electron chi connectivity index (χ4n) is 4.33. The van der Waals surface area contributed by atoms with E-state index in [0.717, 1.165) is 27.3 Å². The minimum Gasteiger partial charge on any atom is -0.413 e. The van der Waals surface area contributed by atoms with Crippen molar-refractivity contribution in [2.45, 2.75) is 45.8 Å². The first kappa shape index (κ1) is 40.8. The maximum absolute atomic E-state index is 12.5. The van der Waals surface area contributed by atoms with Gasteiger partial charge in [-0.05, 0) is 46.3 Å². The maximum Gasteiger partial charge on any atom is 0.453 e. The number of aryl methyl sites for hydroxylation is 4. The van der Waals surface area contributed by atoms with Crippen molar-refractivity contribution in [3.8, 4) is 34.3 Å². The second-order valence-electron chi connectivity index (χ2n) is 11.9. The van der Waals surface area contributed by atoms with Crippen LogP contribution in [0, 0.1) is 19.9 Å². The number of hydrogen-bond acceptors (Lipinski definition) is 7. The van der Waals surface area contributed by atoms with E-state index in [4.69, 9.17) is 0 Å². The van der Waals surface area contributed by atoms with E-state index >= 15 is 0 Å². The first-order chi connectivity index (χ1) is 23.3. The predicted molar refractivity (Wildman–Crippen MR) is 175 cm³/mol. The molecule has 0 bridgehead atoms. The van der Waals surface area contributed by atoms with Gasteiger partial charge in [-0.2, -0.15) is 35.9 Å². The third-order valence-electron chi connectivity index (χ3n) is 6.92. The van der Waals surface area contributed by atoms with Crippen LogP contribution in [0.4, 0.5) is 26.3 Å². The third-order valence-corrected chi connectivity index (χ3v) is 8.94. The van der Waals surface area contributed by atoms with Crippen LogP contribution in [0.2, 0.25) is 19.6 Å². The fraction of sp³-hybridized carbons (Fsp3) is 0.273. The van der Waals surface area contributed by atoms with E-state index in [1.54, 1.807) is 48.1 Å². The molecular formula is C33H33F6IrN10Si-. The van der Waals surface area contributed by atoms with Crippen LogP contribution in [-0.2, 0) is 46.6 Å². The van der Waals surface area contributed by atoms with Crippen molar-refractivity contribution in [3.63, 3.8) is 0 Å². The standard InChI is InChI=1S/C15H19N2Si.C10H10F3N4.C8H4F3N4.Ir/c1-11-6-8-14(12(2)17-11)15-9-7-13(10-16-15)18(3,4)5;1-16-6-4-3-5-7(16)8-14-9(10(11,12)13)15-17(8)2;9-8(10,11)7-13-6(14-15-7)5-3-1-2-4-12-5;/h6-7,9-10H,1-5H3;3-6H,1-2H3;1-4H;/q-1;+1;-1;. The van der Waals surface area contributed by atoms with Crippen molar-refractivity contribution >= 4 is 13.3 Å². The van der Waals surface area contributed by atoms with Crippen molar-refractivity contribution < 1.29 is 51.0 Å². The molecule has 6 rings (SSSR count). The van der Waals surface area contributed by atoms with Gasteiger partial charge in [0.1, 0.15) is 12.9 Å². The second kappa shape index (κ2) is 16.6. The number of hydrogen-bond donors (Lipinski definition) is 0. The van der Waals surface area contributed by atoms with Gasteiger partial charge >= 0.3 is 12.4 Å². The number of aromatic nitrogens is 10. The first-order valence-corrected chi connectivity index (χ1v) is 18.5. The summed E-state index contributed by atoms with van der Waals surface area (Å²) >= 11 is 0. The van der Waals surface area contributed by atoms with Gasteiger partial charge in [0.05, 0.1) is 13.8 Å². The molecule has 0 spiro atoms. The van der Waals surface area contributed by atoms with E-state index in [1.165, 1.54) is 24.5 Å². The zero-order valence-corrected chi connectivity index (χ0v) is 31.9. The van der Waals surface area contributed by atoms with Gasteiger partial charge < -0.3 is 20.1 Å². The molecule has 18 heteroatoms. The fourth-order valence-corrected chi connectivity index (χ4v) is 5.36. The minimum absolute atomic E-state index is 0. The van der Waals surface area contributed by atoms with Crippen molar-refractivity contribution in [1.29, 1.82) is 0 Å². The second-order valence-corrected chi connectivity index (χ2v) is 17.0. The summed E-state index contributed by atoms with van der Waals surface area (Å²) in [6.07, 6.45) is -3.91. The van der Waals surface area contributed by atoms with E-state index < -0.39 is 32.1 Å². The van der Waals surface area contributed by atoms with Crippen LogP contribution in [0.1, 0.15) is 23.0 Å². The maximum atomic E-state index is 12.5. The Kier molecular flexibility index (Phi) is 13.2. The van der Waals surface area contributed by atoms with Crippen LogP contribution in [0.3, 0.4) is 0 Å². The topological polar surface area (TPSA) is 113 Å². The van der Waals surface area contributed by atoms with E-state index in [2.05, 4.69) is 78.1 Å². The van der Waals surface area contributed by atoms with Crippen LogP contribution >= 0.6 is 0 Å². The molecule has 1 radical (unpaired) electrons. The summed E-state index contributed by atoms with van der Waals surface area (Å²) in [6.45, 7) is 11.0. The van der Waals surface area contributed by atoms with Gasteiger partial charge in [-0.3, -0.25) is 10.1 Å². The Morgan fingerprint density at radius 1 is 0.824 bits per heavy atom. The van der Waals surface area contributed by atoms with Gasteiger partial charge in [0.15, 0.2) is 6.20 Å². The summed E-state index contributed by atoms with van der Waals surface area (Å²) in [5, 5.41) is 11.0. The van der Waals surface area contributed by atoms with Crippen molar-refractivity contribution in [3.05, 3.63) is 102 Å². The average molecular weight is 904 g/mol. The number of pyridine rings is 4. The molecule has 6 aromatic rings. The van der Waals surface area contributed by atoms with Gasteiger partial charge in [-0.1, -0.05) is 51.7 Å². The van der Waals surface area contributed by atoms with Crippen LogP contribution in [-0.4, -0.2) is 47.9 Å². The molecule has 0 N–H and O–H groups in total. The Bertz CT molecular complexity index is 2020. The van der Waals surface area contributed by atoms with Gasteiger partial charge in [0, 0.05) is 51.7 Å². The normalized spacial score (nSPS) is 11.5. The largest absolute Gasteiger partial charge is 0.453 e. The number of halogens is 6. The molecule has 271 valence electrons. The molecule has 0 atom stereocenters. The van der Waals surface area contributed by atoms with Crippen LogP contribution < -0.4 is 14.9 Å². The molecule has 0 aliphatic heterocycles. The Balaban J connectivity index is 0.000000205. The number of rotatable bonds is 4. The minimum atomic E-state index is -4.57. The predicted octanol–water partition coefficient (Wildman–Crippen LogP) is 5.94. The molecule has 0 saturated carbocycles. The SMILES string of the molecule is Cc1c[c-]c(-c2ccc([Si](C)(C)C)cn2)c(C)n1.Cn1nc(C(F)(F)F)nc1-c1cccc[n+]1C.FC(F)(F)c1n[n-]c(-c2ccccn2)n1.[Ir]. The summed E-state index contributed by atoms with van der Waals surface area (Å²) in [6, 6.07) is 19.4. The van der Waals surface area contributed by atoms with Crippen LogP contribution in [0.5, 0.6) is 0 Å². The molecular weight excluding hydrogens is 871 g/mol. The molecule has 0 saturated heterocycles. The number of alkyl halides is 6. The summed E-state index contributed by atoms with van der Waals surface area (Å²) < 4.78 is 76.6. The zero-order valence-electron chi connectivity index (χ0n) is 28.5. The van der Waals surface area contributed by atoms with Gasteiger partial charge in [0.2, 0.25) is 11.5 Å². The summed E-state index contributed by atoms with van der Waals surface area (Å²) in [5.41, 5.74) is 4.78. The van der Waals surface area contributed by atoms with E-state index in [0.29, 0.717) is 5.69 Å². The van der Waals surface area contributed by atoms with E-state index in [9.17, 15) is 26.3 Å². The van der Waals surface area contributed by atoms with Gasteiger partial charge in [-0.25, -0.2) is 4.68 Å². The summed E-state index contributed by atoms with van der Waals surface area (Å²) in [5.74, 6) is -2.31. The zero-order chi connectivity index (χ0) is 36.9. The molecule has 0 aliphatic rings. The molecule has 0 fully saturated rings. The molecule has 6 aromatic heterocycles. The van der Waals surface area contributed by atoms with E-state index in [1.807, 2.05) is 26.1 Å². The quantitative estimate of drug-likeness (QED) is 0.0926. The molecule has 51 heavy (non-hydrogen) atoms. The Morgan fingerprint density at radius 3 is 2.02 bits per heavy atom. The first-order valence-electron chi connectivity index (χ1n) is 15.0. The Hall–Kier alpha value is -4.67. The van der Waals surface area contributed by atoms with E-state index in [-0.39, 0.29) is 37.4 Å². The molecule has 6 heterocycles. The smallest absolute Gasteiger partial charge is 0.413 e. The van der Waals surface area contributed by atoms with Crippen molar-refractivity contribution in [1.82, 2.24) is 44.9 Å². The summed E-state index contributed by atoms with van der Waals surface area (Å²) in [4.78, 5) is 19.6. The average Bonchev–Trinajstić information content (AvgIpc) is 3.70. The molecule has 0 aliphatic carbocycles. The monoisotopic (exact) mass is 904 g/mol. The van der Waals surface area contributed by atoms with Gasteiger partial charge in [-0.15, -0.1) is 22.8 Å². The molecule has 0 aromatic carbocycles. The van der Waals surface area contributed by atoms with Crippen LogP contribution in [0.15, 0.2) is 73.2 Å². The third kappa shape index (κ3) is 10.9. The molecule has 0 amide bonds. The van der Waals surface area contributed by atoms with Crippen molar-refractivity contribution in [2.75, 3.05) is 0 Å². The number of nitrogens with zero attached hydrogens (tertiary/aromatic N) is 10. The summed E-state index contributed by atoms with van der Waals surface area (Å²) in [7, 11) is 1.90. The van der Waals surface area contributed by atoms with Gasteiger partial charge in [0.25, 0.3) is 5.82 Å². The molecule has 0 unspecified atom stereocenters. The molecule has 10 nitrogen and oxygen atoms in total. The Labute approximate surface area is 304 Å². The van der Waals surface area contributed by atoms with Crippen LogP contribution in [0.25, 0.3) is 34.3 Å². The van der Waals surface area contributed by atoms with Crippen molar-refractivity contribution in [2.24, 2.45) is 14.1 Å². The Morgan fingerprint density at radius 2 is 1.51 bits per heavy atom.